The van der Waals surface area contributed by atoms with E-state index in [-0.39, 0.29) is 5.56 Å². The van der Waals surface area contributed by atoms with Gasteiger partial charge in [0.05, 0.1) is 12.7 Å². The Hall–Kier alpha value is -2.23. The van der Waals surface area contributed by atoms with Gasteiger partial charge in [-0.15, -0.1) is 0 Å². The van der Waals surface area contributed by atoms with Crippen molar-refractivity contribution >= 4 is 16.7 Å². The second kappa shape index (κ2) is 3.73. The molecule has 0 bridgehead atoms. The molecule has 0 unspecified atom stereocenters. The minimum Gasteiger partial charge on any atom is -0.872 e. The number of rotatable bonds is 2. The van der Waals surface area contributed by atoms with Gasteiger partial charge in [0.1, 0.15) is 5.75 Å². The van der Waals surface area contributed by atoms with Gasteiger partial charge < -0.3 is 14.9 Å². The average Bonchev–Trinajstić information content (AvgIpc) is 2.27. The van der Waals surface area contributed by atoms with Gasteiger partial charge >= 0.3 is 5.97 Å². The van der Waals surface area contributed by atoms with Crippen LogP contribution in [0, 0.1) is 0 Å². The molecule has 4 nitrogen and oxygen atoms in total. The van der Waals surface area contributed by atoms with Crippen molar-refractivity contribution in [1.29, 1.82) is 0 Å². The summed E-state index contributed by atoms with van der Waals surface area (Å²) in [4.78, 5) is 11.0. The number of ether oxygens (including phenoxy) is 1. The van der Waals surface area contributed by atoms with E-state index in [1.807, 2.05) is 0 Å². The molecule has 2 rings (SSSR count). The van der Waals surface area contributed by atoms with Crippen LogP contribution in [0.5, 0.6) is 11.5 Å². The summed E-state index contributed by atoms with van der Waals surface area (Å²) in [6, 6.07) is 7.76. The largest absolute Gasteiger partial charge is 0.872 e. The Kier molecular flexibility index (Phi) is 2.40. The third-order valence-corrected chi connectivity index (χ3v) is 2.40. The lowest BCUT2D eigenvalue weighted by Gasteiger charge is -2.13. The fraction of sp³-hybridized carbons (Fsp3) is 0.0833. The number of carbonyl (C=O) groups is 1. The number of carboxylic acid groups (broad SMARTS) is 1. The van der Waals surface area contributed by atoms with Crippen LogP contribution < -0.4 is 9.84 Å². The number of carboxylic acids is 1. The van der Waals surface area contributed by atoms with E-state index in [1.54, 1.807) is 24.3 Å². The molecule has 1 N–H and O–H groups in total. The lowest BCUT2D eigenvalue weighted by molar-refractivity contribution is -0.268. The van der Waals surface area contributed by atoms with Gasteiger partial charge in [-0.25, -0.2) is 4.79 Å². The molecule has 0 fully saturated rings. The smallest absolute Gasteiger partial charge is 0.335 e. The minimum atomic E-state index is -1.21. The fourth-order valence-electron chi connectivity index (χ4n) is 1.64. The molecule has 82 valence electrons. The molecule has 0 amide bonds. The lowest BCUT2D eigenvalue weighted by atomic mass is 10.0. The highest BCUT2D eigenvalue weighted by molar-refractivity contribution is 6.06. The molecule has 4 heteroatoms. The summed E-state index contributed by atoms with van der Waals surface area (Å²) in [6.45, 7) is 0. The standard InChI is InChI=1S/C12H10O4/c1-16-8-3-4-9-7(6-8)2-5-10(13)11(9)12(14)15/h2-6,13H,1H3,(H,14,15)/p-1. The number of fused-ring (bicyclic) bond motifs is 1. The van der Waals surface area contributed by atoms with Crippen LogP contribution in [0.3, 0.4) is 0 Å². The van der Waals surface area contributed by atoms with Crippen molar-refractivity contribution in [3.63, 3.8) is 0 Å². The van der Waals surface area contributed by atoms with Crippen molar-refractivity contribution < 1.29 is 19.7 Å². The van der Waals surface area contributed by atoms with E-state index >= 15 is 0 Å². The molecule has 0 saturated carbocycles. The van der Waals surface area contributed by atoms with Crippen molar-refractivity contribution in [1.82, 2.24) is 0 Å². The molecule has 0 atom stereocenters. The van der Waals surface area contributed by atoms with Crippen molar-refractivity contribution in [3.8, 4) is 11.5 Å². The van der Waals surface area contributed by atoms with Crippen molar-refractivity contribution in [2.24, 2.45) is 0 Å². The quantitative estimate of drug-likeness (QED) is 0.829. The molecule has 0 saturated heterocycles. The van der Waals surface area contributed by atoms with Crippen LogP contribution in [0.2, 0.25) is 0 Å². The number of aromatic carboxylic acids is 1. The normalized spacial score (nSPS) is 10.3. The summed E-state index contributed by atoms with van der Waals surface area (Å²) in [6.07, 6.45) is 0. The summed E-state index contributed by atoms with van der Waals surface area (Å²) in [7, 11) is 1.53. The van der Waals surface area contributed by atoms with Crippen LogP contribution >= 0.6 is 0 Å². The maximum atomic E-state index is 11.4. The Morgan fingerprint density at radius 3 is 2.69 bits per heavy atom. The molecule has 0 aromatic heterocycles. The SMILES string of the molecule is COc1ccc2c(C(=O)O)c([O-])ccc2c1. The Labute approximate surface area is 91.7 Å². The molecule has 0 aliphatic carbocycles. The van der Waals surface area contributed by atoms with Gasteiger partial charge in [-0.3, -0.25) is 0 Å². The highest BCUT2D eigenvalue weighted by atomic mass is 16.5. The average molecular weight is 217 g/mol. The maximum Gasteiger partial charge on any atom is 0.335 e. The highest BCUT2D eigenvalue weighted by Gasteiger charge is 2.09. The van der Waals surface area contributed by atoms with E-state index in [0.717, 1.165) is 0 Å². The topological polar surface area (TPSA) is 69.6 Å². The van der Waals surface area contributed by atoms with Gasteiger partial charge in [0.2, 0.25) is 0 Å². The van der Waals surface area contributed by atoms with Gasteiger partial charge in [-0.05, 0) is 29.0 Å². The fourth-order valence-corrected chi connectivity index (χ4v) is 1.64. The highest BCUT2D eigenvalue weighted by Crippen LogP contribution is 2.28. The summed E-state index contributed by atoms with van der Waals surface area (Å²) in [5.74, 6) is -1.06. The lowest BCUT2D eigenvalue weighted by Crippen LogP contribution is -2.04. The van der Waals surface area contributed by atoms with E-state index < -0.39 is 11.7 Å². The summed E-state index contributed by atoms with van der Waals surface area (Å²) >= 11 is 0. The van der Waals surface area contributed by atoms with Crippen molar-refractivity contribution in [3.05, 3.63) is 35.9 Å². The first-order valence-electron chi connectivity index (χ1n) is 4.64. The van der Waals surface area contributed by atoms with Crippen LogP contribution in [0.25, 0.3) is 10.8 Å². The second-order valence-electron chi connectivity index (χ2n) is 3.33. The van der Waals surface area contributed by atoms with Crippen molar-refractivity contribution in [2.45, 2.75) is 0 Å². The molecule has 0 spiro atoms. The predicted octanol–water partition coefficient (Wildman–Crippen LogP) is 1.62. The second-order valence-corrected chi connectivity index (χ2v) is 3.33. The number of hydrogen-bond acceptors (Lipinski definition) is 3. The van der Waals surface area contributed by atoms with E-state index in [1.165, 1.54) is 13.2 Å². The molecule has 16 heavy (non-hydrogen) atoms. The first-order chi connectivity index (χ1) is 7.63. The summed E-state index contributed by atoms with van der Waals surface area (Å²) < 4.78 is 5.03. The zero-order valence-corrected chi connectivity index (χ0v) is 8.56. The zero-order chi connectivity index (χ0) is 11.7. The molecule has 0 radical (unpaired) electrons. The molecule has 0 aliphatic rings. The first-order valence-corrected chi connectivity index (χ1v) is 4.64. The van der Waals surface area contributed by atoms with E-state index in [2.05, 4.69) is 0 Å². The minimum absolute atomic E-state index is 0.194. The Balaban J connectivity index is 2.79. The Morgan fingerprint density at radius 1 is 1.31 bits per heavy atom. The monoisotopic (exact) mass is 217 g/mol. The zero-order valence-electron chi connectivity index (χ0n) is 8.56. The molecular formula is C12H9O4-. The Bertz CT molecular complexity index is 560. The molecule has 0 heterocycles. The summed E-state index contributed by atoms with van der Waals surface area (Å²) in [5.41, 5.74) is -0.194. The molecule has 2 aromatic carbocycles. The summed E-state index contributed by atoms with van der Waals surface area (Å²) in [5, 5.41) is 21.5. The third-order valence-electron chi connectivity index (χ3n) is 2.40. The number of hydrogen-bond donors (Lipinski definition) is 1. The molecular weight excluding hydrogens is 208 g/mol. The third kappa shape index (κ3) is 1.54. The van der Waals surface area contributed by atoms with Crippen LogP contribution in [0.1, 0.15) is 10.4 Å². The van der Waals surface area contributed by atoms with Gasteiger partial charge in [0.15, 0.2) is 0 Å². The van der Waals surface area contributed by atoms with Crippen LogP contribution in [-0.2, 0) is 0 Å². The van der Waals surface area contributed by atoms with E-state index in [0.29, 0.717) is 16.5 Å². The van der Waals surface area contributed by atoms with Gasteiger partial charge in [0.25, 0.3) is 0 Å². The van der Waals surface area contributed by atoms with Gasteiger partial charge in [-0.1, -0.05) is 17.9 Å². The van der Waals surface area contributed by atoms with E-state index in [9.17, 15) is 9.90 Å². The van der Waals surface area contributed by atoms with E-state index in [4.69, 9.17) is 9.84 Å². The predicted molar refractivity (Wildman–Crippen MR) is 56.9 cm³/mol. The molecule has 0 aliphatic heterocycles. The van der Waals surface area contributed by atoms with Gasteiger partial charge in [-0.2, -0.15) is 0 Å². The van der Waals surface area contributed by atoms with Crippen LogP contribution in [-0.4, -0.2) is 18.2 Å². The van der Waals surface area contributed by atoms with Gasteiger partial charge in [0, 0.05) is 0 Å². The molecule has 2 aromatic rings. The maximum absolute atomic E-state index is 11.4. The number of methoxy groups -OCH3 is 1. The number of benzene rings is 2. The Morgan fingerprint density at radius 2 is 2.06 bits per heavy atom. The van der Waals surface area contributed by atoms with Crippen molar-refractivity contribution in [2.75, 3.05) is 7.11 Å². The van der Waals surface area contributed by atoms with Crippen LogP contribution in [0.4, 0.5) is 0 Å². The first kappa shape index (κ1) is 10.3. The van der Waals surface area contributed by atoms with Crippen LogP contribution in [0.15, 0.2) is 30.3 Å².